The van der Waals surface area contributed by atoms with Gasteiger partial charge in [0.05, 0.1) is 5.69 Å². The van der Waals surface area contributed by atoms with Gasteiger partial charge in [-0.2, -0.15) is 0 Å². The third-order valence-corrected chi connectivity index (χ3v) is 5.69. The molecular weight excluding hydrogens is 388 g/mol. The van der Waals surface area contributed by atoms with Gasteiger partial charge in [0.15, 0.2) is 12.4 Å². The van der Waals surface area contributed by atoms with Crippen LogP contribution in [0.3, 0.4) is 0 Å². The van der Waals surface area contributed by atoms with Gasteiger partial charge in [0, 0.05) is 24.3 Å². The first-order chi connectivity index (χ1) is 15.1. The van der Waals surface area contributed by atoms with E-state index in [1.165, 1.54) is 19.3 Å². The maximum atomic E-state index is 12.4. The molecule has 31 heavy (non-hydrogen) atoms. The van der Waals surface area contributed by atoms with Crippen LogP contribution in [0.5, 0.6) is 5.75 Å². The molecule has 0 atom stereocenters. The lowest BCUT2D eigenvalue weighted by Gasteiger charge is -2.27. The predicted molar refractivity (Wildman–Crippen MR) is 124 cm³/mol. The van der Waals surface area contributed by atoms with E-state index in [0.29, 0.717) is 5.69 Å². The largest absolute Gasteiger partial charge is 0.483 e. The Morgan fingerprint density at radius 2 is 1.81 bits per heavy atom. The number of rotatable bonds is 6. The minimum atomic E-state index is -0.204. The van der Waals surface area contributed by atoms with E-state index in [1.54, 1.807) is 0 Å². The quantitative estimate of drug-likeness (QED) is 0.627. The van der Waals surface area contributed by atoms with Gasteiger partial charge in [-0.15, -0.1) is 10.2 Å². The Morgan fingerprint density at radius 3 is 2.58 bits per heavy atom. The monoisotopic (exact) mass is 416 g/mol. The summed E-state index contributed by atoms with van der Waals surface area (Å²) >= 11 is 0. The van der Waals surface area contributed by atoms with Crippen molar-refractivity contribution in [1.82, 2.24) is 10.2 Å². The van der Waals surface area contributed by atoms with Crippen molar-refractivity contribution >= 4 is 17.4 Å². The number of aryl methyl sites for hydroxylation is 1. The molecule has 1 aliphatic rings. The van der Waals surface area contributed by atoms with Gasteiger partial charge < -0.3 is 15.0 Å². The molecule has 0 bridgehead atoms. The van der Waals surface area contributed by atoms with Crippen molar-refractivity contribution in [3.63, 3.8) is 0 Å². The summed E-state index contributed by atoms with van der Waals surface area (Å²) in [6, 6.07) is 17.5. The fourth-order valence-corrected chi connectivity index (χ4v) is 3.75. The summed E-state index contributed by atoms with van der Waals surface area (Å²) < 4.78 is 5.70. The Balaban J connectivity index is 1.38. The Kier molecular flexibility index (Phi) is 6.46. The van der Waals surface area contributed by atoms with Gasteiger partial charge in [-0.3, -0.25) is 4.79 Å². The van der Waals surface area contributed by atoms with Crippen LogP contribution in [0.4, 0.5) is 11.5 Å². The summed E-state index contributed by atoms with van der Waals surface area (Å²) in [5, 5.41) is 11.7. The summed E-state index contributed by atoms with van der Waals surface area (Å²) in [4.78, 5) is 14.7. The highest BCUT2D eigenvalue weighted by Crippen LogP contribution is 2.24. The average Bonchev–Trinajstić information content (AvgIpc) is 2.81. The van der Waals surface area contributed by atoms with E-state index in [2.05, 4.69) is 20.4 Å². The minimum Gasteiger partial charge on any atom is -0.483 e. The Hall–Kier alpha value is -3.41. The van der Waals surface area contributed by atoms with Gasteiger partial charge in [0.25, 0.3) is 5.91 Å². The maximum Gasteiger partial charge on any atom is 0.262 e. The lowest BCUT2D eigenvalue weighted by molar-refractivity contribution is -0.118. The molecular formula is C25H28N4O2. The second-order valence-electron chi connectivity index (χ2n) is 7.94. The molecule has 6 heteroatoms. The molecule has 0 spiro atoms. The van der Waals surface area contributed by atoms with E-state index in [-0.39, 0.29) is 12.5 Å². The smallest absolute Gasteiger partial charge is 0.262 e. The second-order valence-corrected chi connectivity index (χ2v) is 7.94. The lowest BCUT2D eigenvalue weighted by Crippen LogP contribution is -2.30. The average molecular weight is 417 g/mol. The van der Waals surface area contributed by atoms with Crippen molar-refractivity contribution in [2.75, 3.05) is 29.9 Å². The van der Waals surface area contributed by atoms with Crippen LogP contribution < -0.4 is 15.0 Å². The number of carbonyl (C=O) groups is 1. The Morgan fingerprint density at radius 1 is 1.00 bits per heavy atom. The van der Waals surface area contributed by atoms with Crippen LogP contribution in [0, 0.1) is 13.8 Å². The maximum absolute atomic E-state index is 12.4. The van der Waals surface area contributed by atoms with E-state index in [9.17, 15) is 4.79 Å². The zero-order valence-electron chi connectivity index (χ0n) is 18.1. The molecule has 0 radical (unpaired) electrons. The molecule has 1 saturated heterocycles. The van der Waals surface area contributed by atoms with Gasteiger partial charge in [0.1, 0.15) is 5.75 Å². The number of anilines is 2. The number of hydrogen-bond donors (Lipinski definition) is 1. The standard InChI is InChI=1S/C25H28N4O2/c1-18-8-6-11-23(19(18)2)31-17-25(30)26-21-10-7-9-20(16-21)22-12-13-24(28-27-22)29-14-4-3-5-15-29/h6-13,16H,3-5,14-15,17H2,1-2H3,(H,26,30). The fraction of sp³-hybridized carbons (Fsp3) is 0.320. The van der Waals surface area contributed by atoms with Crippen LogP contribution in [-0.4, -0.2) is 35.8 Å². The molecule has 4 rings (SSSR count). The minimum absolute atomic E-state index is 0.0428. The number of nitrogens with zero attached hydrogens (tertiary/aromatic N) is 3. The molecule has 1 amide bonds. The van der Waals surface area contributed by atoms with Crippen LogP contribution in [0.15, 0.2) is 54.6 Å². The van der Waals surface area contributed by atoms with Gasteiger partial charge in [-0.1, -0.05) is 24.3 Å². The topological polar surface area (TPSA) is 67.3 Å². The van der Waals surface area contributed by atoms with Crippen molar-refractivity contribution in [1.29, 1.82) is 0 Å². The number of aromatic nitrogens is 2. The van der Waals surface area contributed by atoms with Crippen molar-refractivity contribution in [2.24, 2.45) is 0 Å². The van der Waals surface area contributed by atoms with Gasteiger partial charge >= 0.3 is 0 Å². The number of benzene rings is 2. The summed E-state index contributed by atoms with van der Waals surface area (Å²) in [6.07, 6.45) is 3.70. The Labute approximate surface area is 183 Å². The van der Waals surface area contributed by atoms with E-state index >= 15 is 0 Å². The molecule has 1 N–H and O–H groups in total. The first-order valence-corrected chi connectivity index (χ1v) is 10.8. The molecule has 1 aromatic heterocycles. The van der Waals surface area contributed by atoms with E-state index < -0.39 is 0 Å². The van der Waals surface area contributed by atoms with Crippen LogP contribution in [-0.2, 0) is 4.79 Å². The van der Waals surface area contributed by atoms with Crippen molar-refractivity contribution in [3.05, 3.63) is 65.7 Å². The van der Waals surface area contributed by atoms with Crippen LogP contribution in [0.1, 0.15) is 30.4 Å². The molecule has 160 valence electrons. The number of amides is 1. The molecule has 1 aliphatic heterocycles. The van der Waals surface area contributed by atoms with E-state index in [1.807, 2.05) is 68.4 Å². The van der Waals surface area contributed by atoms with Gasteiger partial charge in [0.2, 0.25) is 0 Å². The third-order valence-electron chi connectivity index (χ3n) is 5.69. The van der Waals surface area contributed by atoms with Crippen molar-refractivity contribution < 1.29 is 9.53 Å². The van der Waals surface area contributed by atoms with E-state index in [0.717, 1.165) is 47.0 Å². The summed E-state index contributed by atoms with van der Waals surface area (Å²) in [6.45, 7) is 6.05. The van der Waals surface area contributed by atoms with Crippen LogP contribution in [0.2, 0.25) is 0 Å². The Bertz CT molecular complexity index is 1040. The highest BCUT2D eigenvalue weighted by Gasteiger charge is 2.13. The predicted octanol–water partition coefficient (Wildman–Crippen LogP) is 4.77. The van der Waals surface area contributed by atoms with Crippen molar-refractivity contribution in [3.8, 4) is 17.0 Å². The number of piperidine rings is 1. The number of hydrogen-bond acceptors (Lipinski definition) is 5. The number of ether oxygens (including phenoxy) is 1. The van der Waals surface area contributed by atoms with Crippen molar-refractivity contribution in [2.45, 2.75) is 33.1 Å². The highest BCUT2D eigenvalue weighted by molar-refractivity contribution is 5.92. The molecule has 0 unspecified atom stereocenters. The van der Waals surface area contributed by atoms with Gasteiger partial charge in [-0.25, -0.2) is 0 Å². The zero-order chi connectivity index (χ0) is 21.6. The van der Waals surface area contributed by atoms with Gasteiger partial charge in [-0.05, 0) is 74.6 Å². The van der Waals surface area contributed by atoms with E-state index in [4.69, 9.17) is 4.74 Å². The first-order valence-electron chi connectivity index (χ1n) is 10.8. The molecule has 1 fully saturated rings. The zero-order valence-corrected chi connectivity index (χ0v) is 18.1. The lowest BCUT2D eigenvalue weighted by atomic mass is 10.1. The first kappa shape index (κ1) is 20.8. The number of nitrogens with one attached hydrogen (secondary N) is 1. The second kappa shape index (κ2) is 9.60. The number of carbonyl (C=O) groups excluding carboxylic acids is 1. The third kappa shape index (κ3) is 5.20. The highest BCUT2D eigenvalue weighted by atomic mass is 16.5. The molecule has 0 aliphatic carbocycles. The van der Waals surface area contributed by atoms with Crippen LogP contribution in [0.25, 0.3) is 11.3 Å². The molecule has 3 aromatic rings. The summed E-state index contributed by atoms with van der Waals surface area (Å²) in [5.41, 5.74) is 4.57. The SMILES string of the molecule is Cc1cccc(OCC(=O)Nc2cccc(-c3ccc(N4CCCCC4)nn3)c2)c1C. The molecule has 0 saturated carbocycles. The van der Waals surface area contributed by atoms with Crippen LogP contribution >= 0.6 is 0 Å². The summed E-state index contributed by atoms with van der Waals surface area (Å²) in [5.74, 6) is 1.45. The fourth-order valence-electron chi connectivity index (χ4n) is 3.75. The normalized spacial score (nSPS) is 13.7. The molecule has 2 heterocycles. The molecule has 6 nitrogen and oxygen atoms in total. The molecule has 2 aromatic carbocycles. The summed E-state index contributed by atoms with van der Waals surface area (Å²) in [7, 11) is 0.